The Morgan fingerprint density at radius 1 is 1.43 bits per heavy atom. The predicted octanol–water partition coefficient (Wildman–Crippen LogP) is 1.88. The lowest BCUT2D eigenvalue weighted by Crippen LogP contribution is -2.34. The number of ether oxygens (including phenoxy) is 1. The van der Waals surface area contributed by atoms with Crippen molar-refractivity contribution in [2.24, 2.45) is 11.7 Å². The van der Waals surface area contributed by atoms with Crippen molar-refractivity contribution in [3.05, 3.63) is 0 Å². The molecule has 0 spiro atoms. The predicted molar refractivity (Wildman–Crippen MR) is 58.4 cm³/mol. The van der Waals surface area contributed by atoms with Gasteiger partial charge in [0, 0.05) is 0 Å². The van der Waals surface area contributed by atoms with Crippen molar-refractivity contribution in [1.82, 2.24) is 0 Å². The molecule has 0 unspecified atom stereocenters. The average molecular weight is 222 g/mol. The molecule has 84 valence electrons. The summed E-state index contributed by atoms with van der Waals surface area (Å²) in [6.45, 7) is 0. The van der Waals surface area contributed by atoms with Crippen LogP contribution in [0.15, 0.2) is 0 Å². The van der Waals surface area contributed by atoms with Gasteiger partial charge in [0.05, 0.1) is 7.11 Å². The summed E-state index contributed by atoms with van der Waals surface area (Å²) in [5.41, 5.74) is 5.68. The topological polar surface area (TPSA) is 52.3 Å². The van der Waals surface area contributed by atoms with E-state index < -0.39 is 6.04 Å². The molecule has 2 N–H and O–H groups in total. The van der Waals surface area contributed by atoms with E-state index in [-0.39, 0.29) is 18.4 Å². The number of methoxy groups -OCH3 is 1. The fraction of sp³-hybridized carbons (Fsp3) is 0.900. The quantitative estimate of drug-likeness (QED) is 0.741. The van der Waals surface area contributed by atoms with E-state index in [1.807, 2.05) is 0 Å². The van der Waals surface area contributed by atoms with Gasteiger partial charge in [-0.1, -0.05) is 32.1 Å². The number of nitrogens with two attached hydrogens (primary N) is 1. The van der Waals surface area contributed by atoms with Gasteiger partial charge in [-0.3, -0.25) is 4.79 Å². The van der Waals surface area contributed by atoms with E-state index in [2.05, 4.69) is 4.74 Å². The van der Waals surface area contributed by atoms with Gasteiger partial charge in [-0.25, -0.2) is 0 Å². The van der Waals surface area contributed by atoms with E-state index in [0.717, 1.165) is 6.42 Å². The molecular weight excluding hydrogens is 202 g/mol. The highest BCUT2D eigenvalue weighted by molar-refractivity contribution is 5.85. The zero-order valence-electron chi connectivity index (χ0n) is 8.70. The minimum atomic E-state index is -0.409. The highest BCUT2D eigenvalue weighted by Crippen LogP contribution is 2.26. The van der Waals surface area contributed by atoms with Crippen LogP contribution in [0.3, 0.4) is 0 Å². The standard InChI is InChI=1S/C10H19NO2.ClH/c1-13-10(12)9(11)7-8-5-3-2-4-6-8;/h8-9H,2-7,11H2,1H3;1H/t9-;/m0./s1. The van der Waals surface area contributed by atoms with Crippen LogP contribution in [-0.2, 0) is 9.53 Å². The van der Waals surface area contributed by atoms with Crippen LogP contribution < -0.4 is 5.73 Å². The molecule has 3 nitrogen and oxygen atoms in total. The van der Waals surface area contributed by atoms with Gasteiger partial charge in [0.1, 0.15) is 6.04 Å². The molecule has 0 aromatic heterocycles. The molecule has 0 aromatic rings. The first-order valence-electron chi connectivity index (χ1n) is 5.07. The Balaban J connectivity index is 0.00000169. The molecule has 1 aliphatic rings. The highest BCUT2D eigenvalue weighted by atomic mass is 35.5. The maximum Gasteiger partial charge on any atom is 0.322 e. The summed E-state index contributed by atoms with van der Waals surface area (Å²) in [5.74, 6) is 0.369. The maximum atomic E-state index is 11.0. The number of hydrogen-bond donors (Lipinski definition) is 1. The lowest BCUT2D eigenvalue weighted by molar-refractivity contribution is -0.142. The van der Waals surface area contributed by atoms with Crippen LogP contribution in [0, 0.1) is 5.92 Å². The van der Waals surface area contributed by atoms with Gasteiger partial charge >= 0.3 is 5.97 Å². The SMILES string of the molecule is COC(=O)[C@@H](N)CC1CCCCC1.Cl. The summed E-state index contributed by atoms with van der Waals surface area (Å²) in [4.78, 5) is 11.0. The number of halogens is 1. The largest absolute Gasteiger partial charge is 0.468 e. The molecule has 1 saturated carbocycles. The van der Waals surface area contributed by atoms with Gasteiger partial charge in [0.25, 0.3) is 0 Å². The molecule has 1 rings (SSSR count). The molecule has 4 heteroatoms. The summed E-state index contributed by atoms with van der Waals surface area (Å²) < 4.78 is 4.59. The van der Waals surface area contributed by atoms with Gasteiger partial charge in [0.2, 0.25) is 0 Å². The molecule has 14 heavy (non-hydrogen) atoms. The number of hydrogen-bond acceptors (Lipinski definition) is 3. The summed E-state index contributed by atoms with van der Waals surface area (Å²) in [7, 11) is 1.39. The third-order valence-corrected chi connectivity index (χ3v) is 2.82. The van der Waals surface area contributed by atoms with Crippen molar-refractivity contribution in [2.45, 2.75) is 44.6 Å². The fourth-order valence-corrected chi connectivity index (χ4v) is 2.03. The van der Waals surface area contributed by atoms with E-state index >= 15 is 0 Å². The van der Waals surface area contributed by atoms with Crippen molar-refractivity contribution in [3.8, 4) is 0 Å². The first kappa shape index (κ1) is 13.7. The highest BCUT2D eigenvalue weighted by Gasteiger charge is 2.21. The van der Waals surface area contributed by atoms with E-state index in [1.54, 1.807) is 0 Å². The molecule has 0 saturated heterocycles. The van der Waals surface area contributed by atoms with E-state index in [4.69, 9.17) is 5.73 Å². The van der Waals surface area contributed by atoms with Crippen LogP contribution in [0.5, 0.6) is 0 Å². The van der Waals surface area contributed by atoms with Crippen LogP contribution in [0.4, 0.5) is 0 Å². The van der Waals surface area contributed by atoms with Gasteiger partial charge in [-0.05, 0) is 12.3 Å². The molecule has 0 aliphatic heterocycles. The fourth-order valence-electron chi connectivity index (χ4n) is 2.03. The van der Waals surface area contributed by atoms with Gasteiger partial charge < -0.3 is 10.5 Å². The van der Waals surface area contributed by atoms with E-state index in [1.165, 1.54) is 39.2 Å². The Morgan fingerprint density at radius 2 is 2.00 bits per heavy atom. The van der Waals surface area contributed by atoms with Crippen LogP contribution in [0.25, 0.3) is 0 Å². The number of carbonyl (C=O) groups is 1. The molecule has 0 bridgehead atoms. The lowest BCUT2D eigenvalue weighted by Gasteiger charge is -2.23. The van der Waals surface area contributed by atoms with Gasteiger partial charge in [0.15, 0.2) is 0 Å². The number of carbonyl (C=O) groups excluding carboxylic acids is 1. The molecule has 0 amide bonds. The minimum Gasteiger partial charge on any atom is -0.468 e. The van der Waals surface area contributed by atoms with Crippen molar-refractivity contribution >= 4 is 18.4 Å². The number of esters is 1. The third-order valence-electron chi connectivity index (χ3n) is 2.82. The molecule has 0 radical (unpaired) electrons. The summed E-state index contributed by atoms with van der Waals surface area (Å²) in [5, 5.41) is 0. The monoisotopic (exact) mass is 221 g/mol. The van der Waals surface area contributed by atoms with Crippen molar-refractivity contribution in [3.63, 3.8) is 0 Å². The van der Waals surface area contributed by atoms with E-state index in [9.17, 15) is 4.79 Å². The van der Waals surface area contributed by atoms with Crippen molar-refractivity contribution in [2.75, 3.05) is 7.11 Å². The zero-order chi connectivity index (χ0) is 9.68. The minimum absolute atomic E-state index is 0. The third kappa shape index (κ3) is 4.29. The first-order valence-corrected chi connectivity index (χ1v) is 5.07. The molecule has 1 aliphatic carbocycles. The zero-order valence-corrected chi connectivity index (χ0v) is 9.52. The summed E-state index contributed by atoms with van der Waals surface area (Å²) in [6, 6.07) is -0.409. The Kier molecular flexibility index (Phi) is 6.93. The van der Waals surface area contributed by atoms with Gasteiger partial charge in [-0.2, -0.15) is 0 Å². The number of rotatable bonds is 3. The summed E-state index contributed by atoms with van der Waals surface area (Å²) in [6.07, 6.45) is 7.17. The lowest BCUT2D eigenvalue weighted by atomic mass is 9.85. The van der Waals surface area contributed by atoms with E-state index in [0.29, 0.717) is 5.92 Å². The normalized spacial score (nSPS) is 19.6. The maximum absolute atomic E-state index is 11.0. The Bertz CT molecular complexity index is 170. The first-order chi connectivity index (χ1) is 6.24. The Labute approximate surface area is 91.8 Å². The van der Waals surface area contributed by atoms with Crippen LogP contribution in [0.1, 0.15) is 38.5 Å². The average Bonchev–Trinajstić information content (AvgIpc) is 2.18. The molecule has 0 aromatic carbocycles. The second-order valence-electron chi connectivity index (χ2n) is 3.87. The van der Waals surface area contributed by atoms with Crippen molar-refractivity contribution in [1.29, 1.82) is 0 Å². The van der Waals surface area contributed by atoms with Crippen LogP contribution >= 0.6 is 12.4 Å². The second-order valence-corrected chi connectivity index (χ2v) is 3.87. The van der Waals surface area contributed by atoms with Crippen LogP contribution in [0.2, 0.25) is 0 Å². The van der Waals surface area contributed by atoms with Crippen molar-refractivity contribution < 1.29 is 9.53 Å². The van der Waals surface area contributed by atoms with Gasteiger partial charge in [-0.15, -0.1) is 12.4 Å². The Morgan fingerprint density at radius 3 is 2.50 bits per heavy atom. The molecule has 1 fully saturated rings. The molecular formula is C10H20ClNO2. The Hall–Kier alpha value is -0.280. The summed E-state index contributed by atoms with van der Waals surface area (Å²) >= 11 is 0. The second kappa shape index (κ2) is 7.07. The molecule has 1 atom stereocenters. The molecule has 0 heterocycles. The smallest absolute Gasteiger partial charge is 0.322 e. The van der Waals surface area contributed by atoms with Crippen LogP contribution in [-0.4, -0.2) is 19.1 Å².